The molecule has 36 heavy (non-hydrogen) atoms. The number of ether oxygens (including phenoxy) is 3. The molecule has 0 aromatic heterocycles. The Labute approximate surface area is 210 Å². The fourth-order valence-electron chi connectivity index (χ4n) is 4.19. The topological polar surface area (TPSA) is 111 Å². The van der Waals surface area contributed by atoms with Crippen LogP contribution in [0.2, 0.25) is 0 Å². The molecule has 0 saturated carbocycles. The van der Waals surface area contributed by atoms with Crippen LogP contribution < -0.4 is 5.32 Å². The van der Waals surface area contributed by atoms with E-state index >= 15 is 0 Å². The maximum atomic E-state index is 13.7. The lowest BCUT2D eigenvalue weighted by Gasteiger charge is -2.45. The third-order valence-corrected chi connectivity index (χ3v) is 5.63. The predicted octanol–water partition coefficient (Wildman–Crippen LogP) is 3.70. The number of cyclic esters (lactones) is 1. The third kappa shape index (κ3) is 6.41. The molecule has 1 saturated heterocycles. The van der Waals surface area contributed by atoms with Crippen molar-refractivity contribution in [2.24, 2.45) is 0 Å². The first-order valence-corrected chi connectivity index (χ1v) is 11.7. The zero-order chi connectivity index (χ0) is 26.5. The van der Waals surface area contributed by atoms with Gasteiger partial charge in [0.1, 0.15) is 23.7 Å². The van der Waals surface area contributed by atoms with Gasteiger partial charge in [0.05, 0.1) is 7.11 Å². The first-order chi connectivity index (χ1) is 17.0. The van der Waals surface area contributed by atoms with E-state index < -0.39 is 53.8 Å². The number of nitrogens with zero attached hydrogens (tertiary/aromatic N) is 1. The average molecular weight is 497 g/mol. The quantitative estimate of drug-likeness (QED) is 0.479. The van der Waals surface area contributed by atoms with Gasteiger partial charge >= 0.3 is 18.0 Å². The normalized spacial score (nSPS) is 20.6. The van der Waals surface area contributed by atoms with Crippen LogP contribution in [0, 0.1) is 0 Å². The highest BCUT2D eigenvalue weighted by atomic mass is 16.6. The molecule has 9 heteroatoms. The maximum absolute atomic E-state index is 13.7. The van der Waals surface area contributed by atoms with Gasteiger partial charge in [-0.3, -0.25) is 9.69 Å². The first-order valence-electron chi connectivity index (χ1n) is 11.7. The summed E-state index contributed by atoms with van der Waals surface area (Å²) in [6.07, 6.45) is -1.83. The Morgan fingerprint density at radius 1 is 1.00 bits per heavy atom. The Kier molecular flexibility index (Phi) is 8.34. The number of carbonyl (C=O) groups is 4. The number of hydrogen-bond donors (Lipinski definition) is 1. The molecule has 0 bridgehead atoms. The molecule has 0 radical (unpaired) electrons. The number of esters is 2. The van der Waals surface area contributed by atoms with Crippen molar-refractivity contribution in [3.8, 4) is 0 Å². The van der Waals surface area contributed by atoms with Crippen LogP contribution in [0.4, 0.5) is 4.79 Å². The molecule has 1 N–H and O–H groups in total. The summed E-state index contributed by atoms with van der Waals surface area (Å²) < 4.78 is 16.5. The highest BCUT2D eigenvalue weighted by Gasteiger charge is 2.50. The van der Waals surface area contributed by atoms with Gasteiger partial charge in [0.15, 0.2) is 6.10 Å². The second-order valence-electron chi connectivity index (χ2n) is 9.54. The van der Waals surface area contributed by atoms with Crippen LogP contribution in [0.1, 0.15) is 57.4 Å². The van der Waals surface area contributed by atoms with Crippen LogP contribution in [-0.2, 0) is 28.6 Å². The smallest absolute Gasteiger partial charge is 0.411 e. The standard InChI is InChI=1S/C27H32N2O7/c1-17(30)28-20(24(31)34-5)16-21-25(32)35-23(19-14-10-7-11-15-19)22(18-12-8-6-9-13-18)29(21)26(33)36-27(2,3)4/h6-15,20-23H,16H2,1-5H3,(H,28,30)/t20-,21+,22+,23-/m0/s1. The monoisotopic (exact) mass is 496 g/mol. The summed E-state index contributed by atoms with van der Waals surface area (Å²) in [6, 6.07) is 15.1. The Bertz CT molecular complexity index is 1080. The molecule has 0 spiro atoms. The molecule has 1 aliphatic heterocycles. The van der Waals surface area contributed by atoms with Crippen LogP contribution >= 0.6 is 0 Å². The number of methoxy groups -OCH3 is 1. The van der Waals surface area contributed by atoms with Gasteiger partial charge < -0.3 is 19.5 Å². The van der Waals surface area contributed by atoms with Crippen LogP contribution in [0.25, 0.3) is 0 Å². The fourth-order valence-corrected chi connectivity index (χ4v) is 4.19. The molecule has 3 rings (SSSR count). The van der Waals surface area contributed by atoms with Crippen LogP contribution in [0.3, 0.4) is 0 Å². The van der Waals surface area contributed by atoms with Gasteiger partial charge in [0, 0.05) is 13.3 Å². The summed E-state index contributed by atoms with van der Waals surface area (Å²) >= 11 is 0. The minimum atomic E-state index is -1.24. The van der Waals surface area contributed by atoms with Crippen molar-refractivity contribution in [3.05, 3.63) is 71.8 Å². The zero-order valence-electron chi connectivity index (χ0n) is 21.1. The van der Waals surface area contributed by atoms with Gasteiger partial charge in [-0.15, -0.1) is 0 Å². The molecule has 1 aliphatic rings. The summed E-state index contributed by atoms with van der Waals surface area (Å²) in [4.78, 5) is 52.6. The van der Waals surface area contributed by atoms with Crippen molar-refractivity contribution >= 4 is 23.9 Å². The molecular weight excluding hydrogens is 464 g/mol. The van der Waals surface area contributed by atoms with Gasteiger partial charge in [0.25, 0.3) is 0 Å². The Morgan fingerprint density at radius 2 is 1.56 bits per heavy atom. The average Bonchev–Trinajstić information content (AvgIpc) is 2.83. The summed E-state index contributed by atoms with van der Waals surface area (Å²) in [7, 11) is 1.18. The largest absolute Gasteiger partial charge is 0.467 e. The number of morpholine rings is 1. The molecule has 2 aromatic rings. The third-order valence-electron chi connectivity index (χ3n) is 5.63. The van der Waals surface area contributed by atoms with E-state index in [1.165, 1.54) is 18.9 Å². The van der Waals surface area contributed by atoms with E-state index in [9.17, 15) is 19.2 Å². The van der Waals surface area contributed by atoms with E-state index in [0.29, 0.717) is 11.1 Å². The molecule has 0 aliphatic carbocycles. The van der Waals surface area contributed by atoms with Gasteiger partial charge in [-0.05, 0) is 31.9 Å². The van der Waals surface area contributed by atoms with Crippen LogP contribution in [0.15, 0.2) is 60.7 Å². The van der Waals surface area contributed by atoms with Crippen molar-refractivity contribution in [2.75, 3.05) is 7.11 Å². The van der Waals surface area contributed by atoms with Crippen molar-refractivity contribution in [3.63, 3.8) is 0 Å². The van der Waals surface area contributed by atoms with E-state index in [0.717, 1.165) is 0 Å². The van der Waals surface area contributed by atoms with Crippen molar-refractivity contribution in [2.45, 2.75) is 63.9 Å². The van der Waals surface area contributed by atoms with Gasteiger partial charge in [-0.2, -0.15) is 0 Å². The molecule has 1 fully saturated rings. The molecule has 2 amide bonds. The van der Waals surface area contributed by atoms with E-state index in [-0.39, 0.29) is 6.42 Å². The lowest BCUT2D eigenvalue weighted by atomic mass is 9.90. The predicted molar refractivity (Wildman–Crippen MR) is 131 cm³/mol. The molecule has 2 aromatic carbocycles. The summed E-state index contributed by atoms with van der Waals surface area (Å²) in [5, 5.41) is 2.50. The molecule has 1 heterocycles. The molecule has 4 atom stereocenters. The lowest BCUT2D eigenvalue weighted by Crippen LogP contribution is -2.58. The maximum Gasteiger partial charge on any atom is 0.411 e. The van der Waals surface area contributed by atoms with Crippen LogP contribution in [-0.4, -0.2) is 53.6 Å². The van der Waals surface area contributed by atoms with Crippen molar-refractivity contribution in [1.82, 2.24) is 10.2 Å². The number of carbonyl (C=O) groups excluding carboxylic acids is 4. The summed E-state index contributed by atoms with van der Waals surface area (Å²) in [5.74, 6) is -1.95. The number of amides is 2. The second-order valence-corrected chi connectivity index (χ2v) is 9.54. The second kappa shape index (κ2) is 11.2. The first kappa shape index (κ1) is 26.7. The molecule has 9 nitrogen and oxygen atoms in total. The van der Waals surface area contributed by atoms with Gasteiger partial charge in [0.2, 0.25) is 5.91 Å². The molecular formula is C27H32N2O7. The van der Waals surface area contributed by atoms with Crippen molar-refractivity contribution < 1.29 is 33.4 Å². The SMILES string of the molecule is COC(=O)[C@H](C[C@@H]1C(=O)O[C@@H](c2ccccc2)[C@@H](c2ccccc2)N1C(=O)OC(C)(C)C)NC(C)=O. The number of rotatable bonds is 6. The van der Waals surface area contributed by atoms with E-state index in [4.69, 9.17) is 14.2 Å². The minimum absolute atomic E-state index is 0.255. The van der Waals surface area contributed by atoms with E-state index in [1.807, 2.05) is 60.7 Å². The lowest BCUT2D eigenvalue weighted by molar-refractivity contribution is -0.175. The number of nitrogens with one attached hydrogen (secondary N) is 1. The fraction of sp³-hybridized carbons (Fsp3) is 0.407. The van der Waals surface area contributed by atoms with Gasteiger partial charge in [-0.25, -0.2) is 14.4 Å². The van der Waals surface area contributed by atoms with E-state index in [1.54, 1.807) is 20.8 Å². The molecule has 0 unspecified atom stereocenters. The highest BCUT2D eigenvalue weighted by Crippen LogP contribution is 2.43. The highest BCUT2D eigenvalue weighted by molar-refractivity contribution is 5.87. The van der Waals surface area contributed by atoms with Gasteiger partial charge in [-0.1, -0.05) is 60.7 Å². The zero-order valence-corrected chi connectivity index (χ0v) is 21.1. The Hall–Kier alpha value is -3.88. The number of hydrogen-bond acceptors (Lipinski definition) is 7. The Morgan fingerprint density at radius 3 is 2.06 bits per heavy atom. The van der Waals surface area contributed by atoms with Crippen LogP contribution in [0.5, 0.6) is 0 Å². The minimum Gasteiger partial charge on any atom is -0.467 e. The molecule has 192 valence electrons. The number of benzene rings is 2. The summed E-state index contributed by atoms with van der Waals surface area (Å²) in [5.41, 5.74) is 0.549. The van der Waals surface area contributed by atoms with E-state index in [2.05, 4.69) is 5.32 Å². The summed E-state index contributed by atoms with van der Waals surface area (Å²) in [6.45, 7) is 6.42. The Balaban J connectivity index is 2.14. The van der Waals surface area contributed by atoms with Crippen molar-refractivity contribution in [1.29, 1.82) is 0 Å².